The second kappa shape index (κ2) is 6.09. The highest BCUT2D eigenvalue weighted by atomic mass is 16.5. The highest BCUT2D eigenvalue weighted by Crippen LogP contribution is 2.40. The lowest BCUT2D eigenvalue weighted by Crippen LogP contribution is -1.99. The van der Waals surface area contributed by atoms with E-state index in [9.17, 15) is 0 Å². The first-order chi connectivity index (χ1) is 13.3. The number of fused-ring (bicyclic) bond motifs is 5. The van der Waals surface area contributed by atoms with Gasteiger partial charge >= 0.3 is 0 Å². The maximum atomic E-state index is 5.56. The van der Waals surface area contributed by atoms with Crippen molar-refractivity contribution in [3.63, 3.8) is 0 Å². The molecular weight excluding hydrogens is 336 g/mol. The van der Waals surface area contributed by atoms with Gasteiger partial charge in [-0.25, -0.2) is 0 Å². The molecular formula is C23H20N2O2. The van der Waals surface area contributed by atoms with E-state index in [1.807, 2.05) is 6.07 Å². The second-order valence-corrected chi connectivity index (χ2v) is 6.69. The maximum absolute atomic E-state index is 5.56. The summed E-state index contributed by atoms with van der Waals surface area (Å²) in [5.74, 6) is 1.48. The minimum absolute atomic E-state index is 0.738. The lowest BCUT2D eigenvalue weighted by atomic mass is 10.2. The standard InChI is InChI=1S/C23H20N2O2/c1-26-20-12-17-19(13-21(20)27-2)25(14-15-8-4-3-5-9-15)23-16-10-6-7-11-18(16)24-22(17)23/h3-13,24H,14H2,1-2H3. The molecule has 0 fully saturated rings. The number of nitrogens with zero attached hydrogens (tertiary/aromatic N) is 1. The molecule has 0 aliphatic heterocycles. The Morgan fingerprint density at radius 3 is 2.30 bits per heavy atom. The van der Waals surface area contributed by atoms with Crippen LogP contribution in [-0.4, -0.2) is 23.8 Å². The summed E-state index contributed by atoms with van der Waals surface area (Å²) in [6.45, 7) is 0.790. The SMILES string of the molecule is COc1cc2c3[nH]c4ccccc4c3n(Cc3ccccc3)c2cc1OC. The fraction of sp³-hybridized carbons (Fsp3) is 0.130. The van der Waals surface area contributed by atoms with E-state index in [2.05, 4.69) is 70.2 Å². The Balaban J connectivity index is 1.89. The van der Waals surface area contributed by atoms with Gasteiger partial charge in [0.2, 0.25) is 0 Å². The van der Waals surface area contributed by atoms with Crippen molar-refractivity contribution >= 4 is 32.8 Å². The van der Waals surface area contributed by atoms with Crippen LogP contribution in [0, 0.1) is 0 Å². The zero-order valence-electron chi connectivity index (χ0n) is 15.3. The third kappa shape index (κ3) is 2.37. The van der Waals surface area contributed by atoms with Gasteiger partial charge in [-0.2, -0.15) is 0 Å². The topological polar surface area (TPSA) is 39.2 Å². The predicted octanol–water partition coefficient (Wildman–Crippen LogP) is 5.34. The van der Waals surface area contributed by atoms with Crippen LogP contribution < -0.4 is 9.47 Å². The number of para-hydroxylation sites is 1. The van der Waals surface area contributed by atoms with E-state index >= 15 is 0 Å². The molecule has 0 saturated heterocycles. The third-order valence-electron chi connectivity index (χ3n) is 5.19. The normalized spacial score (nSPS) is 11.5. The second-order valence-electron chi connectivity index (χ2n) is 6.69. The van der Waals surface area contributed by atoms with Crippen molar-refractivity contribution in [1.29, 1.82) is 0 Å². The van der Waals surface area contributed by atoms with Gasteiger partial charge in [0.15, 0.2) is 11.5 Å². The quantitative estimate of drug-likeness (QED) is 0.472. The van der Waals surface area contributed by atoms with Crippen LogP contribution in [0.5, 0.6) is 11.5 Å². The number of hydrogen-bond acceptors (Lipinski definition) is 2. The summed E-state index contributed by atoms with van der Waals surface area (Å²) in [7, 11) is 3.35. The number of aromatic amines is 1. The Morgan fingerprint density at radius 2 is 1.52 bits per heavy atom. The lowest BCUT2D eigenvalue weighted by Gasteiger charge is -2.11. The van der Waals surface area contributed by atoms with Gasteiger partial charge in [-0.05, 0) is 17.7 Å². The Morgan fingerprint density at radius 1 is 0.815 bits per heavy atom. The Labute approximate surface area is 156 Å². The molecule has 0 bridgehead atoms. The highest BCUT2D eigenvalue weighted by molar-refractivity contribution is 6.17. The van der Waals surface area contributed by atoms with Crippen LogP contribution >= 0.6 is 0 Å². The number of ether oxygens (including phenoxy) is 2. The number of rotatable bonds is 4. The van der Waals surface area contributed by atoms with Gasteiger partial charge in [-0.1, -0.05) is 48.5 Å². The minimum Gasteiger partial charge on any atom is -0.493 e. The van der Waals surface area contributed by atoms with Crippen LogP contribution in [0.4, 0.5) is 0 Å². The largest absolute Gasteiger partial charge is 0.493 e. The monoisotopic (exact) mass is 356 g/mol. The van der Waals surface area contributed by atoms with Crippen LogP contribution in [0.25, 0.3) is 32.8 Å². The first-order valence-corrected chi connectivity index (χ1v) is 8.98. The molecule has 2 heterocycles. The average molecular weight is 356 g/mol. The average Bonchev–Trinajstić information content (AvgIpc) is 3.23. The molecule has 4 nitrogen and oxygen atoms in total. The highest BCUT2D eigenvalue weighted by Gasteiger charge is 2.19. The zero-order chi connectivity index (χ0) is 18.4. The van der Waals surface area contributed by atoms with E-state index in [0.717, 1.165) is 40.0 Å². The van der Waals surface area contributed by atoms with Crippen molar-refractivity contribution in [2.45, 2.75) is 6.54 Å². The summed E-state index contributed by atoms with van der Waals surface area (Å²) in [5, 5.41) is 2.35. The third-order valence-corrected chi connectivity index (χ3v) is 5.19. The van der Waals surface area contributed by atoms with Crippen LogP contribution in [0.3, 0.4) is 0 Å². The van der Waals surface area contributed by atoms with Gasteiger partial charge in [0, 0.05) is 28.9 Å². The summed E-state index contributed by atoms with van der Waals surface area (Å²) in [6.07, 6.45) is 0. The molecule has 0 atom stereocenters. The molecule has 4 heteroatoms. The summed E-state index contributed by atoms with van der Waals surface area (Å²) < 4.78 is 13.5. The molecule has 0 aliphatic rings. The molecule has 27 heavy (non-hydrogen) atoms. The number of H-pyrrole nitrogens is 1. The van der Waals surface area contributed by atoms with Crippen molar-refractivity contribution in [2.24, 2.45) is 0 Å². The summed E-state index contributed by atoms with van der Waals surface area (Å²) in [5.41, 5.74) is 5.86. The van der Waals surface area contributed by atoms with Gasteiger partial charge in [-0.3, -0.25) is 0 Å². The molecule has 0 spiro atoms. The fourth-order valence-corrected chi connectivity index (χ4v) is 3.94. The summed E-state index contributed by atoms with van der Waals surface area (Å²) >= 11 is 0. The van der Waals surface area contributed by atoms with Crippen molar-refractivity contribution < 1.29 is 9.47 Å². The van der Waals surface area contributed by atoms with Gasteiger partial charge in [0.05, 0.1) is 30.8 Å². The minimum atomic E-state index is 0.738. The van der Waals surface area contributed by atoms with Crippen LogP contribution in [0.15, 0.2) is 66.7 Å². The molecule has 3 aromatic carbocycles. The van der Waals surface area contributed by atoms with Gasteiger partial charge in [-0.15, -0.1) is 0 Å². The molecule has 0 saturated carbocycles. The number of methoxy groups -OCH3 is 2. The molecule has 0 amide bonds. The number of benzene rings is 3. The fourth-order valence-electron chi connectivity index (χ4n) is 3.94. The van der Waals surface area contributed by atoms with Crippen molar-refractivity contribution in [3.05, 3.63) is 72.3 Å². The molecule has 2 aromatic heterocycles. The van der Waals surface area contributed by atoms with Crippen molar-refractivity contribution in [1.82, 2.24) is 9.55 Å². The van der Waals surface area contributed by atoms with Gasteiger partial charge < -0.3 is 19.0 Å². The van der Waals surface area contributed by atoms with E-state index in [1.54, 1.807) is 14.2 Å². The van der Waals surface area contributed by atoms with Crippen LogP contribution in [0.1, 0.15) is 5.56 Å². The Kier molecular flexibility index (Phi) is 3.57. The molecule has 134 valence electrons. The van der Waals surface area contributed by atoms with Gasteiger partial charge in [0.25, 0.3) is 0 Å². The number of aromatic nitrogens is 2. The molecule has 0 radical (unpaired) electrons. The summed E-state index contributed by atoms with van der Waals surface area (Å²) in [6, 6.07) is 23.1. The van der Waals surface area contributed by atoms with Crippen molar-refractivity contribution in [2.75, 3.05) is 14.2 Å². The number of hydrogen-bond donors (Lipinski definition) is 1. The van der Waals surface area contributed by atoms with Crippen LogP contribution in [0.2, 0.25) is 0 Å². The first-order valence-electron chi connectivity index (χ1n) is 8.98. The molecule has 5 rings (SSSR count). The van der Waals surface area contributed by atoms with Gasteiger partial charge in [0.1, 0.15) is 0 Å². The Hall–Kier alpha value is -3.40. The van der Waals surface area contributed by atoms with E-state index in [0.29, 0.717) is 0 Å². The van der Waals surface area contributed by atoms with E-state index < -0.39 is 0 Å². The summed E-state index contributed by atoms with van der Waals surface area (Å²) in [4.78, 5) is 3.60. The van der Waals surface area contributed by atoms with Crippen LogP contribution in [-0.2, 0) is 6.54 Å². The zero-order valence-corrected chi connectivity index (χ0v) is 15.3. The van der Waals surface area contributed by atoms with E-state index in [4.69, 9.17) is 9.47 Å². The van der Waals surface area contributed by atoms with E-state index in [-0.39, 0.29) is 0 Å². The number of nitrogens with one attached hydrogen (secondary N) is 1. The molecule has 0 unspecified atom stereocenters. The predicted molar refractivity (Wildman–Crippen MR) is 110 cm³/mol. The Bertz CT molecular complexity index is 1270. The molecule has 0 aliphatic carbocycles. The van der Waals surface area contributed by atoms with Crippen molar-refractivity contribution in [3.8, 4) is 11.5 Å². The van der Waals surface area contributed by atoms with E-state index in [1.165, 1.54) is 16.5 Å². The molecule has 5 aromatic rings. The maximum Gasteiger partial charge on any atom is 0.162 e. The first kappa shape index (κ1) is 15.8. The smallest absolute Gasteiger partial charge is 0.162 e. The lowest BCUT2D eigenvalue weighted by molar-refractivity contribution is 0.355. The molecule has 1 N–H and O–H groups in total.